The van der Waals surface area contributed by atoms with Gasteiger partial charge in [0, 0.05) is 15.6 Å². The molecule has 0 fully saturated rings. The van der Waals surface area contributed by atoms with Gasteiger partial charge in [0.15, 0.2) is 0 Å². The van der Waals surface area contributed by atoms with E-state index in [4.69, 9.17) is 0 Å². The fourth-order valence-electron chi connectivity index (χ4n) is 1.95. The first-order chi connectivity index (χ1) is 9.02. The molecule has 1 N–H and O–H groups in total. The molecule has 0 aliphatic rings. The quantitative estimate of drug-likeness (QED) is 0.890. The highest BCUT2D eigenvalue weighted by Crippen LogP contribution is 2.28. The predicted octanol–water partition coefficient (Wildman–Crippen LogP) is 4.18. The van der Waals surface area contributed by atoms with Crippen molar-refractivity contribution in [1.29, 1.82) is 0 Å². The number of hydrogen-bond donors (Lipinski definition) is 1. The minimum absolute atomic E-state index is 0.0690. The third kappa shape index (κ3) is 2.98. The fourth-order valence-corrected chi connectivity index (χ4v) is 2.33. The summed E-state index contributed by atoms with van der Waals surface area (Å²) in [5.74, 6) is -1.63. The fraction of sp³-hybridized carbons (Fsp3) is 0.143. The number of hydrogen-bond acceptors (Lipinski definition) is 1. The van der Waals surface area contributed by atoms with Crippen LogP contribution in [0.1, 0.15) is 17.2 Å². The third-order valence-electron chi connectivity index (χ3n) is 2.83. The van der Waals surface area contributed by atoms with Crippen LogP contribution in [-0.4, -0.2) is 7.05 Å². The van der Waals surface area contributed by atoms with Crippen LogP contribution >= 0.6 is 15.9 Å². The highest BCUT2D eigenvalue weighted by atomic mass is 79.9. The lowest BCUT2D eigenvalue weighted by Gasteiger charge is -2.19. The highest BCUT2D eigenvalue weighted by molar-refractivity contribution is 9.10. The average Bonchev–Trinajstić information content (AvgIpc) is 2.38. The second-order valence-electron chi connectivity index (χ2n) is 4.05. The van der Waals surface area contributed by atoms with Crippen LogP contribution < -0.4 is 5.32 Å². The molecule has 0 spiro atoms. The average molecular weight is 330 g/mol. The zero-order valence-electron chi connectivity index (χ0n) is 10.1. The third-order valence-corrected chi connectivity index (χ3v) is 3.32. The van der Waals surface area contributed by atoms with Crippen LogP contribution in [0, 0.1) is 17.5 Å². The van der Waals surface area contributed by atoms with Crippen molar-refractivity contribution >= 4 is 15.9 Å². The van der Waals surface area contributed by atoms with Gasteiger partial charge in [-0.25, -0.2) is 13.2 Å². The van der Waals surface area contributed by atoms with Crippen molar-refractivity contribution < 1.29 is 13.2 Å². The van der Waals surface area contributed by atoms with E-state index in [0.29, 0.717) is 4.47 Å². The van der Waals surface area contributed by atoms with Crippen molar-refractivity contribution in [2.24, 2.45) is 0 Å². The van der Waals surface area contributed by atoms with E-state index in [2.05, 4.69) is 21.2 Å². The van der Waals surface area contributed by atoms with Crippen molar-refractivity contribution in [3.63, 3.8) is 0 Å². The van der Waals surface area contributed by atoms with E-state index < -0.39 is 23.5 Å². The molecule has 2 aromatic rings. The van der Waals surface area contributed by atoms with Gasteiger partial charge in [-0.3, -0.25) is 0 Å². The van der Waals surface area contributed by atoms with E-state index in [1.807, 2.05) is 0 Å². The first-order valence-corrected chi connectivity index (χ1v) is 6.39. The Hall–Kier alpha value is -1.33. The topological polar surface area (TPSA) is 12.0 Å². The van der Waals surface area contributed by atoms with Gasteiger partial charge in [-0.2, -0.15) is 0 Å². The number of benzene rings is 2. The van der Waals surface area contributed by atoms with Crippen molar-refractivity contribution in [2.45, 2.75) is 6.04 Å². The lowest BCUT2D eigenvalue weighted by atomic mass is 9.98. The summed E-state index contributed by atoms with van der Waals surface area (Å²) in [6.45, 7) is 0. The van der Waals surface area contributed by atoms with Crippen LogP contribution in [0.3, 0.4) is 0 Å². The minimum atomic E-state index is -0.756. The first kappa shape index (κ1) is 14.1. The molecule has 1 unspecified atom stereocenters. The van der Waals surface area contributed by atoms with Gasteiger partial charge in [-0.1, -0.05) is 15.9 Å². The molecule has 0 radical (unpaired) electrons. The molecule has 0 amide bonds. The summed E-state index contributed by atoms with van der Waals surface area (Å²) in [5, 5.41) is 2.80. The van der Waals surface area contributed by atoms with E-state index in [9.17, 15) is 13.2 Å². The largest absolute Gasteiger partial charge is 0.309 e. The smallest absolute Gasteiger partial charge is 0.128 e. The van der Waals surface area contributed by atoms with Crippen LogP contribution in [0.5, 0.6) is 0 Å². The Labute approximate surface area is 117 Å². The molecule has 2 rings (SSSR count). The molecule has 0 aliphatic heterocycles. The Kier molecular flexibility index (Phi) is 4.27. The summed E-state index contributed by atoms with van der Waals surface area (Å²) >= 11 is 3.24. The summed E-state index contributed by atoms with van der Waals surface area (Å²) in [5.41, 5.74) is 0.320. The molecule has 1 atom stereocenters. The Balaban J connectivity index is 2.55. The summed E-state index contributed by atoms with van der Waals surface area (Å²) < 4.78 is 41.5. The lowest BCUT2D eigenvalue weighted by molar-refractivity contribution is 0.537. The molecular weight excluding hydrogens is 319 g/mol. The standard InChI is InChI=1S/C14H11BrF3N/c1-19-14(10-6-8(15)2-4-12(10)17)11-7-9(16)3-5-13(11)18/h2-7,14,19H,1H3. The van der Waals surface area contributed by atoms with E-state index in [1.54, 1.807) is 19.2 Å². The molecule has 5 heteroatoms. The molecule has 0 saturated heterocycles. The summed E-state index contributed by atoms with van der Waals surface area (Å²) in [6.07, 6.45) is 0. The van der Waals surface area contributed by atoms with Gasteiger partial charge in [0.1, 0.15) is 17.5 Å². The van der Waals surface area contributed by atoms with Crippen LogP contribution in [0.2, 0.25) is 0 Å². The van der Waals surface area contributed by atoms with E-state index in [1.165, 1.54) is 6.07 Å². The van der Waals surface area contributed by atoms with Gasteiger partial charge >= 0.3 is 0 Å². The predicted molar refractivity (Wildman–Crippen MR) is 71.4 cm³/mol. The second-order valence-corrected chi connectivity index (χ2v) is 4.97. The van der Waals surface area contributed by atoms with Crippen LogP contribution in [-0.2, 0) is 0 Å². The SMILES string of the molecule is CNC(c1cc(F)ccc1F)c1cc(Br)ccc1F. The molecular formula is C14H11BrF3N. The Morgan fingerprint density at radius 3 is 2.16 bits per heavy atom. The van der Waals surface area contributed by atoms with Gasteiger partial charge in [0.05, 0.1) is 6.04 Å². The number of nitrogens with one attached hydrogen (secondary N) is 1. The Bertz CT molecular complexity index is 550. The van der Waals surface area contributed by atoms with Crippen LogP contribution in [0.4, 0.5) is 13.2 Å². The highest BCUT2D eigenvalue weighted by Gasteiger charge is 2.20. The Morgan fingerprint density at radius 1 is 0.947 bits per heavy atom. The maximum absolute atomic E-state index is 13.8. The van der Waals surface area contributed by atoms with Gasteiger partial charge in [-0.05, 0) is 43.4 Å². The maximum atomic E-state index is 13.8. The summed E-state index contributed by atoms with van der Waals surface area (Å²) in [7, 11) is 1.56. The zero-order valence-corrected chi connectivity index (χ0v) is 11.6. The van der Waals surface area contributed by atoms with Gasteiger partial charge in [0.2, 0.25) is 0 Å². The van der Waals surface area contributed by atoms with E-state index in [-0.39, 0.29) is 11.1 Å². The van der Waals surface area contributed by atoms with Crippen molar-refractivity contribution in [1.82, 2.24) is 5.32 Å². The monoisotopic (exact) mass is 329 g/mol. The molecule has 2 aromatic carbocycles. The molecule has 0 bridgehead atoms. The minimum Gasteiger partial charge on any atom is -0.309 e. The molecule has 0 aromatic heterocycles. The van der Waals surface area contributed by atoms with Gasteiger partial charge < -0.3 is 5.32 Å². The molecule has 0 saturated carbocycles. The van der Waals surface area contributed by atoms with Crippen LogP contribution in [0.25, 0.3) is 0 Å². The van der Waals surface area contributed by atoms with E-state index in [0.717, 1.165) is 18.2 Å². The van der Waals surface area contributed by atoms with Crippen LogP contribution in [0.15, 0.2) is 40.9 Å². The molecule has 100 valence electrons. The normalized spacial score (nSPS) is 12.5. The van der Waals surface area contributed by atoms with Gasteiger partial charge in [-0.15, -0.1) is 0 Å². The Morgan fingerprint density at radius 2 is 1.53 bits per heavy atom. The molecule has 0 heterocycles. The number of rotatable bonds is 3. The molecule has 0 aliphatic carbocycles. The number of halogens is 4. The lowest BCUT2D eigenvalue weighted by Crippen LogP contribution is -2.20. The van der Waals surface area contributed by atoms with E-state index >= 15 is 0 Å². The van der Waals surface area contributed by atoms with Gasteiger partial charge in [0.25, 0.3) is 0 Å². The van der Waals surface area contributed by atoms with Crippen molar-refractivity contribution in [3.8, 4) is 0 Å². The first-order valence-electron chi connectivity index (χ1n) is 5.60. The van der Waals surface area contributed by atoms with Crippen molar-refractivity contribution in [3.05, 3.63) is 69.4 Å². The summed E-state index contributed by atoms with van der Waals surface area (Å²) in [4.78, 5) is 0. The molecule has 1 nitrogen and oxygen atoms in total. The molecule has 19 heavy (non-hydrogen) atoms. The van der Waals surface area contributed by atoms with Crippen molar-refractivity contribution in [2.75, 3.05) is 7.05 Å². The summed E-state index contributed by atoms with van der Waals surface area (Å²) in [6, 6.07) is 6.74. The second kappa shape index (κ2) is 5.75. The maximum Gasteiger partial charge on any atom is 0.128 e. The zero-order chi connectivity index (χ0) is 14.0.